The fourth-order valence-electron chi connectivity index (χ4n) is 6.90. The van der Waals surface area contributed by atoms with Crippen LogP contribution in [-0.4, -0.2) is 24.6 Å². The van der Waals surface area contributed by atoms with Gasteiger partial charge in [0.2, 0.25) is 11.8 Å². The van der Waals surface area contributed by atoms with Crippen LogP contribution in [0.1, 0.15) is 35.1 Å². The number of hydrogen-bond acceptors (Lipinski definition) is 4. The van der Waals surface area contributed by atoms with Crippen molar-refractivity contribution < 1.29 is 14.3 Å². The summed E-state index contributed by atoms with van der Waals surface area (Å²) in [5.41, 5.74) is 4.52. The number of hydrogen-bond donors (Lipinski definition) is 0. The SMILES string of the molecule is CCOc1ccc(N2C(=O)[C@@H]3C4c5ccccc5C(C=Nc5cccc(Cl)c5)(c5ccccc54)[C@@H]3C2=O)cc1. The van der Waals surface area contributed by atoms with Gasteiger partial charge in [-0.1, -0.05) is 66.2 Å². The van der Waals surface area contributed by atoms with Crippen molar-refractivity contribution in [2.45, 2.75) is 18.3 Å². The molecule has 0 unspecified atom stereocenters. The number of carbonyl (C=O) groups is 2. The lowest BCUT2D eigenvalue weighted by molar-refractivity contribution is -0.122. The highest BCUT2D eigenvalue weighted by Gasteiger charge is 2.67. The second kappa shape index (κ2) is 8.92. The molecular weight excluding hydrogens is 508 g/mol. The quantitative estimate of drug-likeness (QED) is 0.212. The molecule has 0 N–H and O–H groups in total. The van der Waals surface area contributed by atoms with E-state index < -0.39 is 17.3 Å². The Kier molecular flexibility index (Phi) is 5.46. The highest BCUT2D eigenvalue weighted by Crippen LogP contribution is 2.63. The Labute approximate surface area is 231 Å². The summed E-state index contributed by atoms with van der Waals surface area (Å²) in [4.78, 5) is 34.9. The number of ether oxygens (including phenoxy) is 1. The number of carbonyl (C=O) groups excluding carboxylic acids is 2. The summed E-state index contributed by atoms with van der Waals surface area (Å²) in [5.74, 6) is -1.07. The first-order valence-corrected chi connectivity index (χ1v) is 13.5. The van der Waals surface area contributed by atoms with Crippen LogP contribution in [0.2, 0.25) is 5.02 Å². The highest BCUT2D eigenvalue weighted by molar-refractivity contribution is 6.30. The molecule has 4 aromatic rings. The molecular formula is C33H25ClN2O3. The van der Waals surface area contributed by atoms with Crippen molar-refractivity contribution in [3.8, 4) is 5.75 Å². The first-order chi connectivity index (χ1) is 19.0. The maximum atomic E-state index is 14.4. The molecule has 3 aliphatic carbocycles. The van der Waals surface area contributed by atoms with Crippen LogP contribution in [0, 0.1) is 11.8 Å². The maximum absolute atomic E-state index is 14.4. The Morgan fingerprint density at radius 3 is 2.18 bits per heavy atom. The summed E-state index contributed by atoms with van der Waals surface area (Å²) < 4.78 is 5.58. The van der Waals surface area contributed by atoms with Crippen LogP contribution in [0.3, 0.4) is 0 Å². The number of aliphatic imine (C=N–C) groups is 1. The monoisotopic (exact) mass is 532 g/mol. The largest absolute Gasteiger partial charge is 0.494 e. The Morgan fingerprint density at radius 2 is 1.54 bits per heavy atom. The fourth-order valence-corrected chi connectivity index (χ4v) is 7.08. The van der Waals surface area contributed by atoms with Gasteiger partial charge in [0.15, 0.2) is 0 Å². The molecule has 6 heteroatoms. The third kappa shape index (κ3) is 3.36. The van der Waals surface area contributed by atoms with Crippen LogP contribution in [0.25, 0.3) is 0 Å². The zero-order valence-corrected chi connectivity index (χ0v) is 22.0. The Balaban J connectivity index is 1.45. The molecule has 0 spiro atoms. The average Bonchev–Trinajstić information content (AvgIpc) is 3.23. The predicted octanol–water partition coefficient (Wildman–Crippen LogP) is 6.69. The van der Waals surface area contributed by atoms with E-state index in [0.717, 1.165) is 22.3 Å². The lowest BCUT2D eigenvalue weighted by Crippen LogP contribution is -2.54. The lowest BCUT2D eigenvalue weighted by Gasteiger charge is -2.52. The average molecular weight is 533 g/mol. The number of benzene rings is 4. The smallest absolute Gasteiger partial charge is 0.239 e. The summed E-state index contributed by atoms with van der Waals surface area (Å²) in [6, 6.07) is 30.9. The summed E-state index contributed by atoms with van der Waals surface area (Å²) in [5, 5.41) is 0.585. The van der Waals surface area contributed by atoms with Crippen LogP contribution >= 0.6 is 11.6 Å². The fraction of sp³-hybridized carbons (Fsp3) is 0.182. The number of imide groups is 1. The van der Waals surface area contributed by atoms with E-state index >= 15 is 0 Å². The number of rotatable bonds is 5. The molecule has 4 aliphatic rings. The van der Waals surface area contributed by atoms with Gasteiger partial charge in [-0.15, -0.1) is 0 Å². The van der Waals surface area contributed by atoms with Gasteiger partial charge in [0.25, 0.3) is 0 Å². The topological polar surface area (TPSA) is 59.0 Å². The normalized spacial score (nSPS) is 24.6. The minimum Gasteiger partial charge on any atom is -0.494 e. The molecule has 0 radical (unpaired) electrons. The van der Waals surface area contributed by atoms with Gasteiger partial charge in [-0.2, -0.15) is 0 Å². The minimum atomic E-state index is -0.915. The van der Waals surface area contributed by atoms with E-state index in [2.05, 4.69) is 24.3 Å². The van der Waals surface area contributed by atoms with Gasteiger partial charge in [0.05, 0.1) is 35.2 Å². The van der Waals surface area contributed by atoms with Crippen LogP contribution in [0.15, 0.2) is 102 Å². The summed E-state index contributed by atoms with van der Waals surface area (Å²) >= 11 is 6.27. The highest BCUT2D eigenvalue weighted by atomic mass is 35.5. The predicted molar refractivity (Wildman–Crippen MR) is 152 cm³/mol. The molecule has 2 atom stereocenters. The van der Waals surface area contributed by atoms with Gasteiger partial charge in [-0.05, 0) is 71.6 Å². The number of amides is 2. The summed E-state index contributed by atoms with van der Waals surface area (Å²) in [7, 11) is 0. The van der Waals surface area contributed by atoms with Gasteiger partial charge in [-0.3, -0.25) is 14.6 Å². The standard InChI is InChI=1S/C33H25ClN2O3/c1-2-39-23-16-14-22(15-17-23)36-31(37)29-28-24-10-3-5-12-26(24)33(30(29)32(36)38,27-13-6-4-11-25(27)28)19-35-21-9-7-8-20(34)18-21/h3-19,28-30H,2H2,1H3/t28?,29-,30+,33?/m1/s1. The second-order valence-electron chi connectivity index (χ2n) is 10.2. The molecule has 39 heavy (non-hydrogen) atoms. The van der Waals surface area contributed by atoms with Crippen LogP contribution < -0.4 is 9.64 Å². The van der Waals surface area contributed by atoms with Crippen LogP contribution in [0.5, 0.6) is 5.75 Å². The first kappa shape index (κ1) is 23.9. The zero-order valence-electron chi connectivity index (χ0n) is 21.3. The van der Waals surface area contributed by atoms with Crippen molar-refractivity contribution >= 4 is 41.0 Å². The molecule has 1 fully saturated rings. The zero-order chi connectivity index (χ0) is 26.7. The Bertz CT molecular complexity index is 1610. The van der Waals surface area contributed by atoms with Crippen molar-refractivity contribution in [3.05, 3.63) is 124 Å². The summed E-state index contributed by atoms with van der Waals surface area (Å²) in [6.45, 7) is 2.46. The van der Waals surface area contributed by atoms with Gasteiger partial charge in [0, 0.05) is 17.2 Å². The van der Waals surface area contributed by atoms with Crippen LogP contribution in [-0.2, 0) is 15.0 Å². The molecule has 5 nitrogen and oxygen atoms in total. The molecule has 1 saturated heterocycles. The molecule has 0 saturated carbocycles. The third-order valence-corrected chi connectivity index (χ3v) is 8.55. The molecule has 0 aromatic heterocycles. The number of anilines is 1. The van der Waals surface area contributed by atoms with Crippen molar-refractivity contribution in [2.75, 3.05) is 11.5 Å². The molecule has 2 amide bonds. The molecule has 2 bridgehead atoms. The molecule has 8 rings (SSSR count). The van der Waals surface area contributed by atoms with Crippen molar-refractivity contribution in [2.24, 2.45) is 16.8 Å². The van der Waals surface area contributed by atoms with Gasteiger partial charge >= 0.3 is 0 Å². The van der Waals surface area contributed by atoms with Gasteiger partial charge in [-0.25, -0.2) is 4.90 Å². The van der Waals surface area contributed by atoms with E-state index in [1.54, 1.807) is 36.4 Å². The van der Waals surface area contributed by atoms with Crippen LogP contribution in [0.4, 0.5) is 11.4 Å². The van der Waals surface area contributed by atoms with Crippen molar-refractivity contribution in [1.82, 2.24) is 0 Å². The van der Waals surface area contributed by atoms with E-state index in [1.165, 1.54) is 4.90 Å². The summed E-state index contributed by atoms with van der Waals surface area (Å²) in [6.07, 6.45) is 1.89. The van der Waals surface area contributed by atoms with Crippen molar-refractivity contribution in [3.63, 3.8) is 0 Å². The lowest BCUT2D eigenvalue weighted by atomic mass is 9.47. The molecule has 1 aliphatic heterocycles. The number of halogens is 1. The van der Waals surface area contributed by atoms with Gasteiger partial charge < -0.3 is 4.74 Å². The van der Waals surface area contributed by atoms with Crippen molar-refractivity contribution in [1.29, 1.82) is 0 Å². The van der Waals surface area contributed by atoms with E-state index in [0.29, 0.717) is 28.8 Å². The van der Waals surface area contributed by atoms with E-state index in [-0.39, 0.29) is 17.7 Å². The molecule has 1 heterocycles. The third-order valence-electron chi connectivity index (χ3n) is 8.32. The molecule has 192 valence electrons. The number of nitrogens with zero attached hydrogens (tertiary/aromatic N) is 2. The Hall–Kier alpha value is -4.22. The second-order valence-corrected chi connectivity index (χ2v) is 10.6. The first-order valence-electron chi connectivity index (χ1n) is 13.1. The van der Waals surface area contributed by atoms with E-state index in [9.17, 15) is 9.59 Å². The maximum Gasteiger partial charge on any atom is 0.239 e. The Morgan fingerprint density at radius 1 is 0.872 bits per heavy atom. The molecule has 4 aromatic carbocycles. The minimum absolute atomic E-state index is 0.177. The van der Waals surface area contributed by atoms with E-state index in [4.69, 9.17) is 21.3 Å². The van der Waals surface area contributed by atoms with Gasteiger partial charge in [0.1, 0.15) is 5.75 Å². The van der Waals surface area contributed by atoms with E-state index in [1.807, 2.05) is 49.5 Å².